The molecule has 2 rings (SSSR count). The van der Waals surface area contributed by atoms with Crippen molar-refractivity contribution in [3.05, 3.63) is 26.7 Å². The van der Waals surface area contributed by atoms with E-state index in [0.717, 1.165) is 29.9 Å². The number of ether oxygens (including phenoxy) is 2. The molecule has 0 amide bonds. The SMILES string of the molecule is COc1c(C)c(C)c(Br)c(C)c1C1CNCCO1. The molecule has 1 aromatic carbocycles. The zero-order valence-electron chi connectivity index (χ0n) is 11.4. The summed E-state index contributed by atoms with van der Waals surface area (Å²) in [5, 5.41) is 3.37. The van der Waals surface area contributed by atoms with Crippen LogP contribution in [-0.2, 0) is 4.74 Å². The summed E-state index contributed by atoms with van der Waals surface area (Å²) in [5.41, 5.74) is 4.79. The maximum absolute atomic E-state index is 5.87. The Kier molecular flexibility index (Phi) is 4.30. The average Bonchev–Trinajstić information content (AvgIpc) is 2.41. The van der Waals surface area contributed by atoms with Crippen LogP contribution in [0.25, 0.3) is 0 Å². The van der Waals surface area contributed by atoms with E-state index in [0.29, 0.717) is 0 Å². The number of hydrogen-bond acceptors (Lipinski definition) is 3. The van der Waals surface area contributed by atoms with Crippen molar-refractivity contribution in [2.45, 2.75) is 26.9 Å². The van der Waals surface area contributed by atoms with Gasteiger partial charge in [-0.15, -0.1) is 0 Å². The van der Waals surface area contributed by atoms with Crippen LogP contribution in [0.5, 0.6) is 5.75 Å². The van der Waals surface area contributed by atoms with E-state index >= 15 is 0 Å². The van der Waals surface area contributed by atoms with Gasteiger partial charge >= 0.3 is 0 Å². The molecule has 0 bridgehead atoms. The molecule has 0 radical (unpaired) electrons. The van der Waals surface area contributed by atoms with Gasteiger partial charge in [0.2, 0.25) is 0 Å². The Morgan fingerprint density at radius 3 is 2.50 bits per heavy atom. The van der Waals surface area contributed by atoms with Gasteiger partial charge in [0.1, 0.15) is 5.75 Å². The smallest absolute Gasteiger partial charge is 0.128 e. The first kappa shape index (κ1) is 13.8. The minimum Gasteiger partial charge on any atom is -0.496 e. The highest BCUT2D eigenvalue weighted by molar-refractivity contribution is 9.10. The molecule has 1 aliphatic rings. The lowest BCUT2D eigenvalue weighted by Gasteiger charge is -2.28. The third-order valence-electron chi connectivity index (χ3n) is 3.66. The third-order valence-corrected chi connectivity index (χ3v) is 4.85. The van der Waals surface area contributed by atoms with Crippen LogP contribution < -0.4 is 10.1 Å². The Morgan fingerprint density at radius 1 is 1.22 bits per heavy atom. The molecule has 1 saturated heterocycles. The van der Waals surface area contributed by atoms with Crippen molar-refractivity contribution in [3.8, 4) is 5.75 Å². The predicted molar refractivity (Wildman–Crippen MR) is 76.5 cm³/mol. The number of methoxy groups -OCH3 is 1. The van der Waals surface area contributed by atoms with Crippen LogP contribution in [0.15, 0.2) is 4.47 Å². The average molecular weight is 314 g/mol. The lowest BCUT2D eigenvalue weighted by molar-refractivity contribution is 0.0257. The van der Waals surface area contributed by atoms with Gasteiger partial charge in [-0.1, -0.05) is 15.9 Å². The van der Waals surface area contributed by atoms with E-state index in [9.17, 15) is 0 Å². The molecule has 1 unspecified atom stereocenters. The van der Waals surface area contributed by atoms with E-state index in [2.05, 4.69) is 42.0 Å². The highest BCUT2D eigenvalue weighted by atomic mass is 79.9. The summed E-state index contributed by atoms with van der Waals surface area (Å²) in [4.78, 5) is 0. The Morgan fingerprint density at radius 2 is 1.94 bits per heavy atom. The Labute approximate surface area is 117 Å². The van der Waals surface area contributed by atoms with Crippen molar-refractivity contribution in [2.75, 3.05) is 26.8 Å². The maximum atomic E-state index is 5.87. The highest BCUT2D eigenvalue weighted by Gasteiger charge is 2.25. The lowest BCUT2D eigenvalue weighted by atomic mass is 9.95. The first-order valence-electron chi connectivity index (χ1n) is 6.23. The van der Waals surface area contributed by atoms with Gasteiger partial charge in [-0.3, -0.25) is 0 Å². The standard InChI is InChI=1S/C14H20BrNO2/c1-8-9(2)14(17-4)12(10(3)13(8)15)11-7-16-5-6-18-11/h11,16H,5-7H2,1-4H3. The molecule has 100 valence electrons. The minimum absolute atomic E-state index is 0.0734. The predicted octanol–water partition coefficient (Wildman–Crippen LogP) is 3.04. The second-order valence-electron chi connectivity index (χ2n) is 4.70. The second-order valence-corrected chi connectivity index (χ2v) is 5.49. The van der Waals surface area contributed by atoms with Crippen LogP contribution in [0.1, 0.15) is 28.4 Å². The van der Waals surface area contributed by atoms with E-state index in [1.807, 2.05) is 0 Å². The summed E-state index contributed by atoms with van der Waals surface area (Å²) in [6.07, 6.45) is 0.0734. The first-order chi connectivity index (χ1) is 8.57. The molecule has 0 aliphatic carbocycles. The summed E-state index contributed by atoms with van der Waals surface area (Å²) in [6, 6.07) is 0. The highest BCUT2D eigenvalue weighted by Crippen LogP contribution is 2.40. The number of morpholine rings is 1. The molecule has 1 aliphatic heterocycles. The summed E-state index contributed by atoms with van der Waals surface area (Å²) in [6.45, 7) is 8.83. The van der Waals surface area contributed by atoms with Crippen molar-refractivity contribution < 1.29 is 9.47 Å². The van der Waals surface area contributed by atoms with Gasteiger partial charge in [-0.25, -0.2) is 0 Å². The second kappa shape index (κ2) is 5.59. The van der Waals surface area contributed by atoms with Crippen LogP contribution >= 0.6 is 15.9 Å². The van der Waals surface area contributed by atoms with Gasteiger partial charge in [0.25, 0.3) is 0 Å². The molecule has 0 aromatic heterocycles. The number of rotatable bonds is 2. The van der Waals surface area contributed by atoms with Gasteiger partial charge < -0.3 is 14.8 Å². The molecule has 3 nitrogen and oxygen atoms in total. The number of halogens is 1. The zero-order valence-corrected chi connectivity index (χ0v) is 13.0. The summed E-state index contributed by atoms with van der Waals surface area (Å²) < 4.78 is 12.6. The number of hydrogen-bond donors (Lipinski definition) is 1. The molecule has 0 spiro atoms. The normalized spacial score (nSPS) is 19.9. The van der Waals surface area contributed by atoms with Gasteiger partial charge in [0, 0.05) is 23.1 Å². The molecule has 1 aromatic rings. The summed E-state index contributed by atoms with van der Waals surface area (Å²) in [5.74, 6) is 0.960. The molecule has 18 heavy (non-hydrogen) atoms. The monoisotopic (exact) mass is 313 g/mol. The number of benzene rings is 1. The van der Waals surface area contributed by atoms with Crippen molar-refractivity contribution >= 4 is 15.9 Å². The molecule has 1 heterocycles. The quantitative estimate of drug-likeness (QED) is 0.910. The van der Waals surface area contributed by atoms with E-state index < -0.39 is 0 Å². The van der Waals surface area contributed by atoms with Crippen LogP contribution in [0, 0.1) is 20.8 Å². The lowest BCUT2D eigenvalue weighted by Crippen LogP contribution is -2.34. The van der Waals surface area contributed by atoms with E-state index in [1.54, 1.807) is 7.11 Å². The minimum atomic E-state index is 0.0734. The molecular weight excluding hydrogens is 294 g/mol. The van der Waals surface area contributed by atoms with Gasteiger partial charge in [0.15, 0.2) is 0 Å². The van der Waals surface area contributed by atoms with E-state index in [1.165, 1.54) is 22.3 Å². The van der Waals surface area contributed by atoms with Gasteiger partial charge in [-0.05, 0) is 37.5 Å². The molecule has 1 N–H and O–H groups in total. The number of nitrogens with one attached hydrogen (secondary N) is 1. The Balaban J connectivity index is 2.56. The topological polar surface area (TPSA) is 30.5 Å². The molecule has 0 saturated carbocycles. The fraction of sp³-hybridized carbons (Fsp3) is 0.571. The van der Waals surface area contributed by atoms with Crippen LogP contribution in [0.4, 0.5) is 0 Å². The summed E-state index contributed by atoms with van der Waals surface area (Å²) >= 11 is 3.68. The van der Waals surface area contributed by atoms with Gasteiger partial charge in [0.05, 0.1) is 19.8 Å². The van der Waals surface area contributed by atoms with Crippen LogP contribution in [0.3, 0.4) is 0 Å². The Bertz CT molecular complexity index is 454. The van der Waals surface area contributed by atoms with E-state index in [-0.39, 0.29) is 6.10 Å². The van der Waals surface area contributed by atoms with Crippen molar-refractivity contribution in [2.24, 2.45) is 0 Å². The fourth-order valence-corrected chi connectivity index (χ4v) is 3.02. The Hall–Kier alpha value is -0.580. The molecule has 1 atom stereocenters. The molecule has 1 fully saturated rings. The van der Waals surface area contributed by atoms with Crippen molar-refractivity contribution in [1.29, 1.82) is 0 Å². The van der Waals surface area contributed by atoms with Crippen molar-refractivity contribution in [3.63, 3.8) is 0 Å². The summed E-state index contributed by atoms with van der Waals surface area (Å²) in [7, 11) is 1.73. The van der Waals surface area contributed by atoms with Crippen LogP contribution in [-0.4, -0.2) is 26.8 Å². The fourth-order valence-electron chi connectivity index (χ4n) is 2.51. The molecular formula is C14H20BrNO2. The third kappa shape index (κ3) is 2.29. The van der Waals surface area contributed by atoms with Gasteiger partial charge in [-0.2, -0.15) is 0 Å². The van der Waals surface area contributed by atoms with E-state index in [4.69, 9.17) is 9.47 Å². The first-order valence-corrected chi connectivity index (χ1v) is 7.02. The zero-order chi connectivity index (χ0) is 13.3. The molecule has 4 heteroatoms. The van der Waals surface area contributed by atoms with Crippen LogP contribution in [0.2, 0.25) is 0 Å². The van der Waals surface area contributed by atoms with Crippen molar-refractivity contribution in [1.82, 2.24) is 5.32 Å². The largest absolute Gasteiger partial charge is 0.496 e. The maximum Gasteiger partial charge on any atom is 0.128 e.